The lowest BCUT2D eigenvalue weighted by Gasteiger charge is -2.27. The second kappa shape index (κ2) is 7.53. The molecule has 1 aliphatic rings. The largest absolute Gasteiger partial charge is 0.360 e. The summed E-state index contributed by atoms with van der Waals surface area (Å²) in [4.78, 5) is 25.3. The molecular formula is C13H20N6O2. The molecule has 0 atom stereocenters. The lowest BCUT2D eigenvalue weighted by molar-refractivity contribution is -0.129. The van der Waals surface area contributed by atoms with Gasteiger partial charge in [-0.15, -0.1) is 10.2 Å². The van der Waals surface area contributed by atoms with Gasteiger partial charge in [0.05, 0.1) is 6.54 Å². The van der Waals surface area contributed by atoms with E-state index in [1.54, 1.807) is 17.0 Å². The van der Waals surface area contributed by atoms with Gasteiger partial charge < -0.3 is 20.9 Å². The monoisotopic (exact) mass is 292 g/mol. The van der Waals surface area contributed by atoms with Crippen molar-refractivity contribution in [2.45, 2.75) is 6.92 Å². The number of carbonyl (C=O) groups is 2. The van der Waals surface area contributed by atoms with Crippen molar-refractivity contribution in [1.29, 1.82) is 0 Å². The van der Waals surface area contributed by atoms with Crippen molar-refractivity contribution in [3.8, 4) is 0 Å². The standard InChI is InChI=1S/C13H20N6O2/c1-2-15-13(21)10-3-4-11(18-17-10)16-9-12(20)19-7-5-14-6-8-19/h3-4,14H,2,5-9H2,1H3,(H,15,21)(H,16,18). The highest BCUT2D eigenvalue weighted by Gasteiger charge is 2.15. The van der Waals surface area contributed by atoms with E-state index < -0.39 is 0 Å². The Morgan fingerprint density at radius 1 is 1.29 bits per heavy atom. The second-order valence-corrected chi connectivity index (χ2v) is 4.65. The van der Waals surface area contributed by atoms with E-state index in [9.17, 15) is 9.59 Å². The SMILES string of the molecule is CCNC(=O)c1ccc(NCC(=O)N2CCNCC2)nn1. The number of hydrogen-bond donors (Lipinski definition) is 3. The van der Waals surface area contributed by atoms with Crippen LogP contribution >= 0.6 is 0 Å². The molecule has 0 aliphatic carbocycles. The van der Waals surface area contributed by atoms with Gasteiger partial charge in [0.1, 0.15) is 5.82 Å². The zero-order valence-electron chi connectivity index (χ0n) is 12.1. The van der Waals surface area contributed by atoms with Crippen LogP contribution < -0.4 is 16.0 Å². The topological polar surface area (TPSA) is 99.2 Å². The number of piperazine rings is 1. The van der Waals surface area contributed by atoms with Crippen LogP contribution in [0.4, 0.5) is 5.82 Å². The molecule has 114 valence electrons. The van der Waals surface area contributed by atoms with Gasteiger partial charge in [-0.25, -0.2) is 0 Å². The second-order valence-electron chi connectivity index (χ2n) is 4.65. The lowest BCUT2D eigenvalue weighted by Crippen LogP contribution is -2.48. The van der Waals surface area contributed by atoms with Crippen molar-refractivity contribution in [1.82, 2.24) is 25.7 Å². The number of rotatable bonds is 5. The van der Waals surface area contributed by atoms with E-state index in [1.807, 2.05) is 6.92 Å². The van der Waals surface area contributed by atoms with Crippen LogP contribution in [0.25, 0.3) is 0 Å². The van der Waals surface area contributed by atoms with Crippen LogP contribution in [0.1, 0.15) is 17.4 Å². The first-order valence-electron chi connectivity index (χ1n) is 7.05. The van der Waals surface area contributed by atoms with Crippen molar-refractivity contribution in [2.75, 3.05) is 44.6 Å². The average molecular weight is 292 g/mol. The Morgan fingerprint density at radius 3 is 2.67 bits per heavy atom. The molecule has 21 heavy (non-hydrogen) atoms. The van der Waals surface area contributed by atoms with Gasteiger partial charge in [-0.3, -0.25) is 9.59 Å². The maximum absolute atomic E-state index is 12.0. The molecule has 2 rings (SSSR count). The van der Waals surface area contributed by atoms with Gasteiger partial charge in [0.15, 0.2) is 5.69 Å². The van der Waals surface area contributed by atoms with Gasteiger partial charge in [-0.05, 0) is 19.1 Å². The minimum absolute atomic E-state index is 0.0334. The maximum atomic E-state index is 12.0. The van der Waals surface area contributed by atoms with Gasteiger partial charge >= 0.3 is 0 Å². The summed E-state index contributed by atoms with van der Waals surface area (Å²) in [5.74, 6) is 0.256. The van der Waals surface area contributed by atoms with E-state index in [1.165, 1.54) is 0 Å². The summed E-state index contributed by atoms with van der Waals surface area (Å²) >= 11 is 0. The fraction of sp³-hybridized carbons (Fsp3) is 0.538. The van der Waals surface area contributed by atoms with Crippen LogP contribution in [0.2, 0.25) is 0 Å². The highest BCUT2D eigenvalue weighted by molar-refractivity contribution is 5.92. The molecule has 0 aromatic carbocycles. The molecule has 8 nitrogen and oxygen atoms in total. The fourth-order valence-corrected chi connectivity index (χ4v) is 1.99. The van der Waals surface area contributed by atoms with Crippen LogP contribution in [0.3, 0.4) is 0 Å². The first kappa shape index (κ1) is 15.2. The molecule has 1 aromatic rings. The summed E-state index contributed by atoms with van der Waals surface area (Å²) < 4.78 is 0. The van der Waals surface area contributed by atoms with Gasteiger partial charge in [0.2, 0.25) is 5.91 Å². The molecule has 0 bridgehead atoms. The lowest BCUT2D eigenvalue weighted by atomic mass is 10.3. The molecule has 8 heteroatoms. The molecule has 1 fully saturated rings. The van der Waals surface area contributed by atoms with Crippen LogP contribution in [0.15, 0.2) is 12.1 Å². The summed E-state index contributed by atoms with van der Waals surface area (Å²) in [6.45, 7) is 5.65. The summed E-state index contributed by atoms with van der Waals surface area (Å²) in [5, 5.41) is 16.5. The van der Waals surface area contributed by atoms with E-state index in [0.29, 0.717) is 12.4 Å². The first-order valence-corrected chi connectivity index (χ1v) is 7.05. The first-order chi connectivity index (χ1) is 10.2. The predicted octanol–water partition coefficient (Wildman–Crippen LogP) is -0.930. The fourth-order valence-electron chi connectivity index (χ4n) is 1.99. The predicted molar refractivity (Wildman–Crippen MR) is 78.0 cm³/mol. The van der Waals surface area contributed by atoms with Gasteiger partial charge in [0, 0.05) is 32.7 Å². The Hall–Kier alpha value is -2.22. The number of carbonyl (C=O) groups excluding carboxylic acids is 2. The van der Waals surface area contributed by atoms with Crippen LogP contribution in [-0.2, 0) is 4.79 Å². The Balaban J connectivity index is 1.83. The van der Waals surface area contributed by atoms with Crippen LogP contribution in [0, 0.1) is 0 Å². The number of amides is 2. The highest BCUT2D eigenvalue weighted by Crippen LogP contribution is 2.02. The van der Waals surface area contributed by atoms with Crippen LogP contribution in [-0.4, -0.2) is 66.2 Å². The molecule has 2 heterocycles. The molecule has 0 saturated carbocycles. The van der Waals surface area contributed by atoms with Gasteiger partial charge in [-0.2, -0.15) is 0 Å². The van der Waals surface area contributed by atoms with Crippen molar-refractivity contribution in [2.24, 2.45) is 0 Å². The Labute approximate surface area is 123 Å². The number of nitrogens with zero attached hydrogens (tertiary/aromatic N) is 3. The third kappa shape index (κ3) is 4.38. The quantitative estimate of drug-likeness (QED) is 0.648. The number of anilines is 1. The average Bonchev–Trinajstić information content (AvgIpc) is 2.54. The van der Waals surface area contributed by atoms with E-state index in [2.05, 4.69) is 26.1 Å². The Morgan fingerprint density at radius 2 is 2.05 bits per heavy atom. The number of aromatic nitrogens is 2. The summed E-state index contributed by atoms with van der Waals surface area (Å²) in [7, 11) is 0. The summed E-state index contributed by atoms with van der Waals surface area (Å²) in [5.41, 5.74) is 0.260. The van der Waals surface area contributed by atoms with Gasteiger partial charge in [0.25, 0.3) is 5.91 Å². The van der Waals surface area contributed by atoms with Gasteiger partial charge in [-0.1, -0.05) is 0 Å². The Bertz CT molecular complexity index is 484. The minimum atomic E-state index is -0.256. The highest BCUT2D eigenvalue weighted by atomic mass is 16.2. The van der Waals surface area contributed by atoms with E-state index >= 15 is 0 Å². The van der Waals surface area contributed by atoms with Crippen molar-refractivity contribution in [3.63, 3.8) is 0 Å². The molecular weight excluding hydrogens is 272 g/mol. The molecule has 0 unspecified atom stereocenters. The molecule has 3 N–H and O–H groups in total. The summed E-state index contributed by atoms with van der Waals surface area (Å²) in [6.07, 6.45) is 0. The molecule has 1 aromatic heterocycles. The van der Waals surface area contributed by atoms with Crippen molar-refractivity contribution >= 4 is 17.6 Å². The number of nitrogens with one attached hydrogen (secondary N) is 3. The summed E-state index contributed by atoms with van der Waals surface area (Å²) in [6, 6.07) is 3.22. The van der Waals surface area contributed by atoms with E-state index in [-0.39, 0.29) is 24.1 Å². The zero-order valence-corrected chi connectivity index (χ0v) is 12.1. The smallest absolute Gasteiger partial charge is 0.271 e. The van der Waals surface area contributed by atoms with Crippen LogP contribution in [0.5, 0.6) is 0 Å². The Kier molecular flexibility index (Phi) is 5.44. The minimum Gasteiger partial charge on any atom is -0.360 e. The zero-order chi connectivity index (χ0) is 15.1. The maximum Gasteiger partial charge on any atom is 0.271 e. The van der Waals surface area contributed by atoms with Crippen molar-refractivity contribution in [3.05, 3.63) is 17.8 Å². The molecule has 2 amide bonds. The normalized spacial score (nSPS) is 14.6. The van der Waals surface area contributed by atoms with E-state index in [0.717, 1.165) is 26.2 Å². The third-order valence-corrected chi connectivity index (χ3v) is 3.12. The molecule has 1 saturated heterocycles. The van der Waals surface area contributed by atoms with E-state index in [4.69, 9.17) is 0 Å². The molecule has 0 radical (unpaired) electrons. The van der Waals surface area contributed by atoms with Crippen molar-refractivity contribution < 1.29 is 9.59 Å². The third-order valence-electron chi connectivity index (χ3n) is 3.12. The molecule has 1 aliphatic heterocycles. The molecule has 0 spiro atoms. The number of hydrogen-bond acceptors (Lipinski definition) is 6.